The van der Waals surface area contributed by atoms with Crippen LogP contribution in [0, 0.1) is 5.41 Å². The van der Waals surface area contributed by atoms with Gasteiger partial charge in [-0.15, -0.1) is 0 Å². The summed E-state index contributed by atoms with van der Waals surface area (Å²) in [6.45, 7) is 5.63. The fourth-order valence-electron chi connectivity index (χ4n) is 2.08. The zero-order chi connectivity index (χ0) is 12.3. The number of hydrogen-bond donors (Lipinski definition) is 2. The van der Waals surface area contributed by atoms with Crippen molar-refractivity contribution in [3.8, 4) is 0 Å². The molecule has 0 aromatic heterocycles. The summed E-state index contributed by atoms with van der Waals surface area (Å²) in [7, 11) is 0. The number of hydrogen-bond acceptors (Lipinski definition) is 3. The van der Waals surface area contributed by atoms with Crippen LogP contribution in [0.4, 0.5) is 0 Å². The standard InChI is InChI=1S/C13H19N3S/c1-10-8-16(6-7-17-10)9-11-2-4-12(5-3-11)13(14)15/h2-5,10H,6-9H2,1H3,(H3,14,15). The number of nitrogens with zero attached hydrogens (tertiary/aromatic N) is 1. The van der Waals surface area contributed by atoms with Crippen molar-refractivity contribution in [2.45, 2.75) is 18.7 Å². The highest BCUT2D eigenvalue weighted by atomic mass is 32.2. The molecule has 4 heteroatoms. The maximum absolute atomic E-state index is 7.35. The Labute approximate surface area is 107 Å². The van der Waals surface area contributed by atoms with Gasteiger partial charge in [0.05, 0.1) is 0 Å². The highest BCUT2D eigenvalue weighted by Crippen LogP contribution is 2.19. The Hall–Kier alpha value is -1.00. The Morgan fingerprint density at radius 1 is 1.47 bits per heavy atom. The van der Waals surface area contributed by atoms with Gasteiger partial charge in [0.2, 0.25) is 0 Å². The summed E-state index contributed by atoms with van der Waals surface area (Å²) in [6.07, 6.45) is 0. The molecule has 1 atom stereocenters. The van der Waals surface area contributed by atoms with Gasteiger partial charge in [-0.2, -0.15) is 11.8 Å². The van der Waals surface area contributed by atoms with Gasteiger partial charge in [0.1, 0.15) is 5.84 Å². The molecule has 2 rings (SSSR count). The van der Waals surface area contributed by atoms with E-state index in [-0.39, 0.29) is 5.84 Å². The molecular weight excluding hydrogens is 230 g/mol. The van der Waals surface area contributed by atoms with Gasteiger partial charge in [-0.1, -0.05) is 31.2 Å². The van der Waals surface area contributed by atoms with Crippen molar-refractivity contribution in [1.82, 2.24) is 4.90 Å². The van der Waals surface area contributed by atoms with Crippen molar-refractivity contribution in [3.63, 3.8) is 0 Å². The lowest BCUT2D eigenvalue weighted by Crippen LogP contribution is -2.36. The number of nitrogen functional groups attached to an aromatic ring is 1. The first-order valence-corrected chi connectivity index (χ1v) is 6.97. The maximum atomic E-state index is 7.35. The summed E-state index contributed by atoms with van der Waals surface area (Å²) in [4.78, 5) is 2.49. The molecular formula is C13H19N3S. The molecule has 0 spiro atoms. The first kappa shape index (κ1) is 12.5. The van der Waals surface area contributed by atoms with Crippen molar-refractivity contribution >= 4 is 17.6 Å². The average Bonchev–Trinajstić information content (AvgIpc) is 2.29. The van der Waals surface area contributed by atoms with Crippen LogP contribution in [0.15, 0.2) is 24.3 Å². The quantitative estimate of drug-likeness (QED) is 0.635. The normalized spacial score (nSPS) is 21.4. The topological polar surface area (TPSA) is 53.1 Å². The molecule has 1 fully saturated rings. The Balaban J connectivity index is 1.96. The van der Waals surface area contributed by atoms with Crippen molar-refractivity contribution in [2.24, 2.45) is 5.73 Å². The first-order chi connectivity index (χ1) is 8.15. The van der Waals surface area contributed by atoms with Crippen LogP contribution >= 0.6 is 11.8 Å². The van der Waals surface area contributed by atoms with E-state index in [4.69, 9.17) is 11.1 Å². The Kier molecular flexibility index (Phi) is 4.07. The highest BCUT2D eigenvalue weighted by molar-refractivity contribution is 7.99. The van der Waals surface area contributed by atoms with Gasteiger partial charge in [0.25, 0.3) is 0 Å². The lowest BCUT2D eigenvalue weighted by molar-refractivity contribution is 0.278. The molecule has 1 aliphatic heterocycles. The second-order valence-electron chi connectivity index (χ2n) is 4.53. The summed E-state index contributed by atoms with van der Waals surface area (Å²) < 4.78 is 0. The molecule has 1 unspecified atom stereocenters. The fourth-order valence-corrected chi connectivity index (χ4v) is 3.16. The van der Waals surface area contributed by atoms with Crippen LogP contribution < -0.4 is 5.73 Å². The zero-order valence-corrected chi connectivity index (χ0v) is 11.0. The molecule has 0 saturated carbocycles. The smallest absolute Gasteiger partial charge is 0.122 e. The summed E-state index contributed by atoms with van der Waals surface area (Å²) in [6, 6.07) is 8.01. The monoisotopic (exact) mass is 249 g/mol. The van der Waals surface area contributed by atoms with E-state index in [2.05, 4.69) is 35.7 Å². The minimum Gasteiger partial charge on any atom is -0.384 e. The molecule has 1 heterocycles. The van der Waals surface area contributed by atoms with E-state index < -0.39 is 0 Å². The SMILES string of the molecule is CC1CN(Cc2ccc(C(=N)N)cc2)CCS1. The molecule has 0 aliphatic carbocycles. The third-order valence-electron chi connectivity index (χ3n) is 3.00. The molecule has 1 aromatic carbocycles. The van der Waals surface area contributed by atoms with E-state index in [0.29, 0.717) is 0 Å². The maximum Gasteiger partial charge on any atom is 0.122 e. The van der Waals surface area contributed by atoms with Crippen LogP contribution in [-0.4, -0.2) is 34.8 Å². The van der Waals surface area contributed by atoms with Gasteiger partial charge >= 0.3 is 0 Å². The molecule has 0 radical (unpaired) electrons. The first-order valence-electron chi connectivity index (χ1n) is 5.92. The average molecular weight is 249 g/mol. The van der Waals surface area contributed by atoms with Crippen LogP contribution in [0.3, 0.4) is 0 Å². The number of nitrogens with two attached hydrogens (primary N) is 1. The van der Waals surface area contributed by atoms with E-state index in [0.717, 1.165) is 17.4 Å². The van der Waals surface area contributed by atoms with Gasteiger partial charge in [-0.05, 0) is 5.56 Å². The predicted molar refractivity (Wildman–Crippen MR) is 74.7 cm³/mol. The number of amidine groups is 1. The molecule has 0 bridgehead atoms. The fraction of sp³-hybridized carbons (Fsp3) is 0.462. The van der Waals surface area contributed by atoms with E-state index in [1.54, 1.807) is 0 Å². The Morgan fingerprint density at radius 2 is 2.18 bits per heavy atom. The van der Waals surface area contributed by atoms with E-state index in [9.17, 15) is 0 Å². The number of rotatable bonds is 3. The lowest BCUT2D eigenvalue weighted by Gasteiger charge is -2.30. The van der Waals surface area contributed by atoms with Crippen LogP contribution in [0.25, 0.3) is 0 Å². The van der Waals surface area contributed by atoms with Crippen LogP contribution in [0.2, 0.25) is 0 Å². The van der Waals surface area contributed by atoms with Crippen LogP contribution in [-0.2, 0) is 6.54 Å². The Bertz CT molecular complexity index is 388. The second kappa shape index (κ2) is 5.56. The van der Waals surface area contributed by atoms with Crippen LogP contribution in [0.1, 0.15) is 18.1 Å². The summed E-state index contributed by atoms with van der Waals surface area (Å²) >= 11 is 2.05. The van der Waals surface area contributed by atoms with Crippen molar-refractivity contribution in [1.29, 1.82) is 5.41 Å². The second-order valence-corrected chi connectivity index (χ2v) is 6.07. The van der Waals surface area contributed by atoms with Crippen molar-refractivity contribution < 1.29 is 0 Å². The molecule has 1 aromatic rings. The lowest BCUT2D eigenvalue weighted by atomic mass is 10.1. The Morgan fingerprint density at radius 3 is 2.76 bits per heavy atom. The third kappa shape index (κ3) is 3.48. The van der Waals surface area contributed by atoms with Gasteiger partial charge in [0, 0.05) is 36.2 Å². The minimum absolute atomic E-state index is 0.138. The van der Waals surface area contributed by atoms with E-state index in [1.165, 1.54) is 24.4 Å². The summed E-state index contributed by atoms with van der Waals surface area (Å²) in [5, 5.41) is 8.09. The number of thioether (sulfide) groups is 1. The summed E-state index contributed by atoms with van der Waals surface area (Å²) in [5.74, 6) is 1.37. The largest absolute Gasteiger partial charge is 0.384 e. The van der Waals surface area contributed by atoms with Crippen molar-refractivity contribution in [2.75, 3.05) is 18.8 Å². The highest BCUT2D eigenvalue weighted by Gasteiger charge is 2.16. The molecule has 1 aliphatic rings. The molecule has 92 valence electrons. The molecule has 17 heavy (non-hydrogen) atoms. The number of nitrogens with one attached hydrogen (secondary N) is 1. The van der Waals surface area contributed by atoms with Crippen LogP contribution in [0.5, 0.6) is 0 Å². The molecule has 3 nitrogen and oxygen atoms in total. The van der Waals surface area contributed by atoms with Gasteiger partial charge in [0.15, 0.2) is 0 Å². The van der Waals surface area contributed by atoms with Crippen molar-refractivity contribution in [3.05, 3.63) is 35.4 Å². The molecule has 3 N–H and O–H groups in total. The predicted octanol–water partition coefficient (Wildman–Crippen LogP) is 1.91. The minimum atomic E-state index is 0.138. The van der Waals surface area contributed by atoms with E-state index in [1.807, 2.05) is 12.1 Å². The zero-order valence-electron chi connectivity index (χ0n) is 10.1. The molecule has 1 saturated heterocycles. The summed E-state index contributed by atoms with van der Waals surface area (Å²) in [5.41, 5.74) is 7.54. The number of benzene rings is 1. The third-order valence-corrected chi connectivity index (χ3v) is 4.13. The van der Waals surface area contributed by atoms with Gasteiger partial charge in [-0.3, -0.25) is 10.3 Å². The van der Waals surface area contributed by atoms with Gasteiger partial charge < -0.3 is 5.73 Å². The molecule has 0 amide bonds. The van der Waals surface area contributed by atoms with Gasteiger partial charge in [-0.25, -0.2) is 0 Å². The van der Waals surface area contributed by atoms with E-state index >= 15 is 0 Å².